The van der Waals surface area contributed by atoms with Crippen LogP contribution in [0.1, 0.15) is 32.0 Å². The Hall–Kier alpha value is -3.79. The predicted octanol–water partition coefficient (Wildman–Crippen LogP) is 2.91. The van der Waals surface area contributed by atoms with Crippen LogP contribution >= 0.6 is 0 Å². The van der Waals surface area contributed by atoms with Crippen LogP contribution in [0.15, 0.2) is 59.6 Å². The van der Waals surface area contributed by atoms with Gasteiger partial charge in [-0.05, 0) is 54.4 Å². The summed E-state index contributed by atoms with van der Waals surface area (Å²) in [6, 6.07) is 11.5. The molecule has 0 saturated carbocycles. The van der Waals surface area contributed by atoms with Crippen molar-refractivity contribution < 1.29 is 27.1 Å². The molecule has 168 valence electrons. The van der Waals surface area contributed by atoms with E-state index < -0.39 is 27.7 Å². The number of hydrogen-bond donors (Lipinski definition) is 0. The summed E-state index contributed by atoms with van der Waals surface area (Å²) >= 11 is 0. The largest absolute Gasteiger partial charge is 0.489 e. The molecule has 2 aliphatic heterocycles. The molecule has 33 heavy (non-hydrogen) atoms. The summed E-state index contributed by atoms with van der Waals surface area (Å²) in [6.07, 6.45) is 1.40. The van der Waals surface area contributed by atoms with Gasteiger partial charge in [0.1, 0.15) is 23.9 Å². The van der Waals surface area contributed by atoms with E-state index in [0.29, 0.717) is 11.4 Å². The fourth-order valence-electron chi connectivity index (χ4n) is 4.00. The lowest BCUT2D eigenvalue weighted by atomic mass is 10.2. The molecular formula is C23H18FN3O5S. The van der Waals surface area contributed by atoms with Crippen molar-refractivity contribution in [3.05, 3.63) is 82.9 Å². The zero-order valence-corrected chi connectivity index (χ0v) is 18.3. The molecule has 10 heteroatoms. The molecule has 0 N–H and O–H groups in total. The number of aromatic nitrogens is 1. The quantitative estimate of drug-likeness (QED) is 0.548. The predicted molar refractivity (Wildman–Crippen MR) is 116 cm³/mol. The number of aryl methyl sites for hydroxylation is 1. The summed E-state index contributed by atoms with van der Waals surface area (Å²) in [5, 5.41) is 0. The zero-order valence-electron chi connectivity index (χ0n) is 17.5. The van der Waals surface area contributed by atoms with Crippen LogP contribution in [0, 0.1) is 12.7 Å². The lowest BCUT2D eigenvalue weighted by molar-refractivity contribution is 0.0639. The Kier molecular flexibility index (Phi) is 4.89. The van der Waals surface area contributed by atoms with E-state index in [2.05, 4.69) is 4.98 Å². The van der Waals surface area contributed by atoms with Crippen molar-refractivity contribution in [3.8, 4) is 5.75 Å². The maximum atomic E-state index is 14.2. The molecule has 0 fully saturated rings. The molecule has 0 spiro atoms. The van der Waals surface area contributed by atoms with Crippen LogP contribution in [0.2, 0.25) is 0 Å². The van der Waals surface area contributed by atoms with Gasteiger partial charge in [0.2, 0.25) is 0 Å². The van der Waals surface area contributed by atoms with Gasteiger partial charge in [0.15, 0.2) is 0 Å². The lowest BCUT2D eigenvalue weighted by Gasteiger charge is -2.31. The van der Waals surface area contributed by atoms with E-state index in [9.17, 15) is 22.4 Å². The van der Waals surface area contributed by atoms with Crippen LogP contribution in [0.3, 0.4) is 0 Å². The van der Waals surface area contributed by atoms with Gasteiger partial charge in [-0.15, -0.1) is 0 Å². The van der Waals surface area contributed by atoms with Gasteiger partial charge < -0.3 is 4.74 Å². The Bertz CT molecular complexity index is 1390. The van der Waals surface area contributed by atoms with Crippen LogP contribution in [0.4, 0.5) is 10.1 Å². The second kappa shape index (κ2) is 7.66. The molecule has 5 rings (SSSR count). The first-order chi connectivity index (χ1) is 15.8. The highest BCUT2D eigenvalue weighted by Gasteiger charge is 2.38. The number of sulfonamides is 1. The summed E-state index contributed by atoms with van der Waals surface area (Å²) in [4.78, 5) is 30.1. The van der Waals surface area contributed by atoms with Gasteiger partial charge >= 0.3 is 0 Å². The van der Waals surface area contributed by atoms with Crippen LogP contribution in [0.25, 0.3) is 0 Å². The van der Waals surface area contributed by atoms with Crippen molar-refractivity contribution in [1.29, 1.82) is 0 Å². The molecule has 0 bridgehead atoms. The van der Waals surface area contributed by atoms with Crippen molar-refractivity contribution in [2.75, 3.05) is 17.5 Å². The third-order valence-corrected chi connectivity index (χ3v) is 7.49. The van der Waals surface area contributed by atoms with E-state index in [1.165, 1.54) is 22.6 Å². The van der Waals surface area contributed by atoms with Crippen molar-refractivity contribution in [1.82, 2.24) is 9.88 Å². The number of rotatable bonds is 4. The van der Waals surface area contributed by atoms with Gasteiger partial charge in [0, 0.05) is 6.20 Å². The summed E-state index contributed by atoms with van der Waals surface area (Å²) < 4.78 is 48.4. The summed E-state index contributed by atoms with van der Waals surface area (Å²) in [5.74, 6) is -1.56. The number of anilines is 1. The van der Waals surface area contributed by atoms with Gasteiger partial charge in [0.05, 0.1) is 29.2 Å². The molecule has 3 heterocycles. The SMILES string of the molecule is Cc1ccc2c(c1)N(S(=O)(=O)c1cc(F)ccc1CN1C(=O)c3cccnc3C1=O)CCO2. The molecule has 1 aromatic heterocycles. The van der Waals surface area contributed by atoms with Crippen LogP contribution in [-0.2, 0) is 16.6 Å². The Balaban J connectivity index is 1.56. The molecule has 0 unspecified atom stereocenters. The smallest absolute Gasteiger partial charge is 0.280 e. The van der Waals surface area contributed by atoms with Crippen LogP contribution in [-0.4, -0.2) is 43.3 Å². The van der Waals surface area contributed by atoms with E-state index in [1.807, 2.05) is 6.92 Å². The second-order valence-electron chi connectivity index (χ2n) is 7.74. The van der Waals surface area contributed by atoms with Crippen molar-refractivity contribution in [3.63, 3.8) is 0 Å². The zero-order chi connectivity index (χ0) is 23.3. The van der Waals surface area contributed by atoms with E-state index in [0.717, 1.165) is 22.6 Å². The highest BCUT2D eigenvalue weighted by atomic mass is 32.2. The number of amides is 2. The minimum atomic E-state index is -4.24. The minimum Gasteiger partial charge on any atom is -0.489 e. The van der Waals surface area contributed by atoms with Crippen molar-refractivity contribution in [2.24, 2.45) is 0 Å². The fourth-order valence-corrected chi connectivity index (χ4v) is 5.68. The molecule has 0 radical (unpaired) electrons. The van der Waals surface area contributed by atoms with Gasteiger partial charge in [-0.1, -0.05) is 12.1 Å². The number of pyridine rings is 1. The standard InChI is InChI=1S/C23H18FN3O5S/c1-14-4-7-19-18(11-14)27(9-10-32-19)33(30,31)20-12-16(24)6-5-15(20)13-26-22(28)17-3-2-8-25-21(17)23(26)29/h2-8,11-12H,9-10,13H2,1H3. The number of hydrogen-bond acceptors (Lipinski definition) is 6. The van der Waals surface area contributed by atoms with Crippen molar-refractivity contribution in [2.45, 2.75) is 18.4 Å². The van der Waals surface area contributed by atoms with Crippen LogP contribution in [0.5, 0.6) is 5.75 Å². The summed E-state index contributed by atoms with van der Waals surface area (Å²) in [6.45, 7) is 1.65. The molecule has 0 saturated heterocycles. The van der Waals surface area contributed by atoms with E-state index in [1.54, 1.807) is 24.3 Å². The molecule has 3 aromatic rings. The summed E-state index contributed by atoms with van der Waals surface area (Å²) in [5.41, 5.74) is 1.45. The number of halogens is 1. The number of imide groups is 1. The lowest BCUT2D eigenvalue weighted by Crippen LogP contribution is -2.39. The molecule has 2 aromatic carbocycles. The number of nitrogens with zero attached hydrogens (tertiary/aromatic N) is 3. The van der Waals surface area contributed by atoms with Crippen molar-refractivity contribution >= 4 is 27.5 Å². The Morgan fingerprint density at radius 1 is 1.09 bits per heavy atom. The number of benzene rings is 2. The van der Waals surface area contributed by atoms with Gasteiger partial charge in [-0.2, -0.15) is 0 Å². The minimum absolute atomic E-state index is 0.00611. The number of fused-ring (bicyclic) bond motifs is 2. The maximum Gasteiger partial charge on any atom is 0.280 e. The van der Waals surface area contributed by atoms with Gasteiger partial charge in [-0.3, -0.25) is 23.8 Å². The first kappa shape index (κ1) is 21.1. The molecule has 0 atom stereocenters. The van der Waals surface area contributed by atoms with E-state index in [4.69, 9.17) is 4.74 Å². The molecule has 0 aliphatic carbocycles. The average molecular weight is 467 g/mol. The monoisotopic (exact) mass is 467 g/mol. The number of ether oxygens (including phenoxy) is 1. The molecular weight excluding hydrogens is 449 g/mol. The highest BCUT2D eigenvalue weighted by Crippen LogP contribution is 2.37. The molecule has 2 amide bonds. The Morgan fingerprint density at radius 2 is 1.91 bits per heavy atom. The van der Waals surface area contributed by atoms with E-state index in [-0.39, 0.29) is 41.4 Å². The Morgan fingerprint density at radius 3 is 2.70 bits per heavy atom. The third kappa shape index (κ3) is 3.43. The Labute approximate surface area is 189 Å². The highest BCUT2D eigenvalue weighted by molar-refractivity contribution is 7.92. The molecule has 2 aliphatic rings. The maximum absolute atomic E-state index is 14.2. The second-order valence-corrected chi connectivity index (χ2v) is 9.58. The van der Waals surface area contributed by atoms with Gasteiger partial charge in [-0.25, -0.2) is 12.8 Å². The van der Waals surface area contributed by atoms with Gasteiger partial charge in [0.25, 0.3) is 21.8 Å². The topological polar surface area (TPSA) is 96.9 Å². The number of carbonyl (C=O) groups is 2. The summed E-state index contributed by atoms with van der Waals surface area (Å²) in [7, 11) is -4.24. The average Bonchev–Trinajstić information content (AvgIpc) is 3.04. The first-order valence-corrected chi connectivity index (χ1v) is 11.6. The third-order valence-electron chi connectivity index (χ3n) is 5.59. The van der Waals surface area contributed by atoms with Crippen LogP contribution < -0.4 is 9.04 Å². The fraction of sp³-hybridized carbons (Fsp3) is 0.174. The molecule has 8 nitrogen and oxygen atoms in total. The van der Waals surface area contributed by atoms with E-state index >= 15 is 0 Å². The normalized spacial score (nSPS) is 15.3. The first-order valence-electron chi connectivity index (χ1n) is 10.1. The number of carbonyl (C=O) groups excluding carboxylic acids is 2.